The topological polar surface area (TPSA) is 135 Å². The summed E-state index contributed by atoms with van der Waals surface area (Å²) in [6.07, 6.45) is 30.8. The summed E-state index contributed by atoms with van der Waals surface area (Å²) in [4.78, 5) is 24.2. The number of carbonyl (C=O) groups is 2. The molecule has 0 bridgehead atoms. The number of rotatable bonds is 34. The van der Waals surface area contributed by atoms with Crippen LogP contribution in [0.1, 0.15) is 206 Å². The van der Waals surface area contributed by atoms with Gasteiger partial charge in [-0.3, -0.25) is 4.55 Å². The summed E-state index contributed by atoms with van der Waals surface area (Å²) in [6, 6.07) is 0. The van der Waals surface area contributed by atoms with E-state index < -0.39 is 32.7 Å². The fourth-order valence-electron chi connectivity index (χ4n) is 6.60. The maximum atomic E-state index is 12.4. The van der Waals surface area contributed by atoms with Crippen molar-refractivity contribution in [3.8, 4) is 0 Å². The van der Waals surface area contributed by atoms with Gasteiger partial charge in [-0.1, -0.05) is 194 Å². The second-order valence-corrected chi connectivity index (χ2v) is 14.9. The minimum atomic E-state index is -5.19. The Morgan fingerprint density at radius 3 is 0.891 bits per heavy atom. The molecule has 0 aliphatic rings. The summed E-state index contributed by atoms with van der Waals surface area (Å²) in [5.74, 6) is -3.80. The van der Waals surface area contributed by atoms with Crippen molar-refractivity contribution in [1.82, 2.24) is 0 Å². The molecule has 0 aliphatic heterocycles. The number of carboxylic acids is 2. The van der Waals surface area contributed by atoms with Crippen molar-refractivity contribution in [3.63, 3.8) is 0 Å². The van der Waals surface area contributed by atoms with Crippen molar-refractivity contribution in [2.45, 2.75) is 212 Å². The molecule has 7 nitrogen and oxygen atoms in total. The smallest absolute Gasteiger partial charge is 0.549 e. The van der Waals surface area contributed by atoms with E-state index in [1.165, 1.54) is 116 Å². The summed E-state index contributed by atoms with van der Waals surface area (Å²) in [5, 5.41) is 21.7. The Morgan fingerprint density at radius 1 is 0.500 bits per heavy atom. The van der Waals surface area contributed by atoms with Crippen LogP contribution in [0.2, 0.25) is 0 Å². The van der Waals surface area contributed by atoms with Gasteiger partial charge in [0.05, 0.1) is 5.97 Å². The fraction of sp³-hybridized carbons (Fsp3) is 0.944. The molecule has 0 aromatic heterocycles. The van der Waals surface area contributed by atoms with Gasteiger partial charge in [-0.05, 0) is 12.8 Å². The van der Waals surface area contributed by atoms with Crippen molar-refractivity contribution >= 4 is 22.1 Å². The van der Waals surface area contributed by atoms with E-state index in [1.807, 2.05) is 0 Å². The Kier molecular flexibility index (Phi) is 40.5. The van der Waals surface area contributed by atoms with Crippen molar-refractivity contribution in [1.29, 1.82) is 0 Å². The molecule has 0 spiro atoms. The standard InChI is InChI=1S/C36H70O7S.2K/c1-3-5-7-9-11-13-15-17-19-21-23-25-27-29-31-36(35(39)40,33(34(37)38)44(41,42)43)32-30-28-26-24-22-20-18-16-14-12-10-8-6-4-2;;/h33H,3-32H2,1-2H3,(H,37,38)(H,39,40)(H,41,42,43);;/q;2*+1/p-2. The van der Waals surface area contributed by atoms with Crippen molar-refractivity contribution in [3.05, 3.63) is 0 Å². The van der Waals surface area contributed by atoms with Crippen LogP contribution in [0.15, 0.2) is 0 Å². The molecular formula is C36H68K2O7S. The molecule has 0 heterocycles. The van der Waals surface area contributed by atoms with Crippen LogP contribution >= 0.6 is 0 Å². The normalized spacial score (nSPS) is 12.3. The molecule has 262 valence electrons. The molecule has 0 aromatic carbocycles. The third kappa shape index (κ3) is 27.8. The van der Waals surface area contributed by atoms with Gasteiger partial charge in [-0.25, -0.2) is 0 Å². The molecule has 1 N–H and O–H groups in total. The van der Waals surface area contributed by atoms with Gasteiger partial charge >= 0.3 is 103 Å². The monoisotopic (exact) mass is 722 g/mol. The second-order valence-electron chi connectivity index (χ2n) is 13.4. The molecule has 0 aromatic rings. The number of carbonyl (C=O) groups excluding carboxylic acids is 2. The predicted octanol–water partition coefficient (Wildman–Crippen LogP) is 2.48. The minimum absolute atomic E-state index is 0. The zero-order valence-corrected chi connectivity index (χ0v) is 37.7. The van der Waals surface area contributed by atoms with E-state index >= 15 is 0 Å². The summed E-state index contributed by atoms with van der Waals surface area (Å²) >= 11 is 0. The van der Waals surface area contributed by atoms with E-state index in [-0.39, 0.29) is 116 Å². The Hall–Kier alpha value is 2.12. The van der Waals surface area contributed by atoms with Crippen LogP contribution in [0.4, 0.5) is 0 Å². The number of hydrogen-bond acceptors (Lipinski definition) is 6. The SMILES string of the molecule is CCCCCCCCCCCCCCCCC(CCCCCCCCCCCCCCCC)(C(=O)[O-])C(C(=O)[O-])S(=O)(=O)O.[K+].[K+]. The van der Waals surface area contributed by atoms with E-state index in [2.05, 4.69) is 13.8 Å². The summed E-state index contributed by atoms with van der Waals surface area (Å²) in [5.41, 5.74) is -2.19. The largest absolute Gasteiger partial charge is 1.00 e. The van der Waals surface area contributed by atoms with Gasteiger partial charge in [-0.2, -0.15) is 8.42 Å². The first kappa shape index (κ1) is 52.5. The van der Waals surface area contributed by atoms with E-state index in [0.717, 1.165) is 38.5 Å². The van der Waals surface area contributed by atoms with E-state index in [0.29, 0.717) is 25.7 Å². The maximum Gasteiger partial charge on any atom is 1.00 e. The van der Waals surface area contributed by atoms with Gasteiger partial charge in [0.1, 0.15) is 5.25 Å². The van der Waals surface area contributed by atoms with Crippen molar-refractivity contribution in [2.75, 3.05) is 0 Å². The van der Waals surface area contributed by atoms with Gasteiger partial charge in [-0.15, -0.1) is 0 Å². The van der Waals surface area contributed by atoms with Crippen LogP contribution in [0.3, 0.4) is 0 Å². The van der Waals surface area contributed by atoms with Gasteiger partial charge in [0, 0.05) is 11.4 Å². The van der Waals surface area contributed by atoms with Crippen molar-refractivity contribution < 1.29 is 136 Å². The molecule has 10 heteroatoms. The van der Waals surface area contributed by atoms with Gasteiger partial charge in [0.2, 0.25) is 0 Å². The molecule has 46 heavy (non-hydrogen) atoms. The maximum absolute atomic E-state index is 12.4. The molecule has 1 atom stereocenters. The average Bonchev–Trinajstić information content (AvgIpc) is 2.96. The van der Waals surface area contributed by atoms with Crippen LogP contribution in [-0.2, 0) is 19.7 Å². The fourth-order valence-corrected chi connectivity index (χ4v) is 7.75. The Balaban J connectivity index is -0.00000924. The molecule has 0 fully saturated rings. The molecule has 0 aliphatic carbocycles. The summed E-state index contributed by atoms with van der Waals surface area (Å²) < 4.78 is 33.8. The molecule has 0 radical (unpaired) electrons. The summed E-state index contributed by atoms with van der Waals surface area (Å²) in [7, 11) is -5.19. The van der Waals surface area contributed by atoms with Crippen LogP contribution in [0.5, 0.6) is 0 Å². The molecular weight excluding hydrogens is 655 g/mol. The number of aliphatic carboxylic acids is 2. The molecule has 0 rings (SSSR count). The van der Waals surface area contributed by atoms with Gasteiger partial charge in [0.15, 0.2) is 0 Å². The van der Waals surface area contributed by atoms with Crippen LogP contribution < -0.4 is 113 Å². The molecule has 0 saturated carbocycles. The first-order chi connectivity index (χ1) is 21.1. The zero-order chi connectivity index (χ0) is 32.9. The Bertz CT molecular complexity index is 776. The minimum Gasteiger partial charge on any atom is -0.549 e. The molecule has 0 saturated heterocycles. The molecule has 0 amide bonds. The zero-order valence-electron chi connectivity index (χ0n) is 30.6. The number of unbranched alkanes of at least 4 members (excludes halogenated alkanes) is 26. The summed E-state index contributed by atoms with van der Waals surface area (Å²) in [6.45, 7) is 4.45. The van der Waals surface area contributed by atoms with Crippen LogP contribution in [0.25, 0.3) is 0 Å². The third-order valence-electron chi connectivity index (χ3n) is 9.37. The van der Waals surface area contributed by atoms with E-state index in [9.17, 15) is 32.8 Å². The van der Waals surface area contributed by atoms with Gasteiger partial charge in [0.25, 0.3) is 10.1 Å². The van der Waals surface area contributed by atoms with E-state index in [4.69, 9.17) is 0 Å². The second kappa shape index (κ2) is 35.5. The van der Waals surface area contributed by atoms with Gasteiger partial charge < -0.3 is 19.8 Å². The first-order valence-electron chi connectivity index (χ1n) is 18.5. The average molecular weight is 723 g/mol. The Labute approximate surface area is 369 Å². The van der Waals surface area contributed by atoms with Crippen LogP contribution in [0, 0.1) is 5.41 Å². The van der Waals surface area contributed by atoms with Crippen molar-refractivity contribution in [2.24, 2.45) is 5.41 Å². The predicted molar refractivity (Wildman–Crippen MR) is 178 cm³/mol. The quantitative estimate of drug-likeness (QED) is 0.0613. The first-order valence-corrected chi connectivity index (χ1v) is 20.0. The number of hydrogen-bond donors (Lipinski definition) is 1. The third-order valence-corrected chi connectivity index (χ3v) is 10.6. The van der Waals surface area contributed by atoms with Crippen LogP contribution in [-0.4, -0.2) is 30.2 Å². The van der Waals surface area contributed by atoms with E-state index in [1.54, 1.807) is 0 Å². The number of carboxylic acid groups (broad SMARTS) is 2. The molecule has 1 unspecified atom stereocenters. The Morgan fingerprint density at radius 2 is 0.717 bits per heavy atom.